The Kier molecular flexibility index (Phi) is 6.81. The van der Waals surface area contributed by atoms with Crippen LogP contribution in [-0.2, 0) is 11.2 Å². The van der Waals surface area contributed by atoms with Crippen LogP contribution in [0, 0.1) is 0 Å². The smallest absolute Gasteiger partial charge is 0.251 e. The zero-order valence-electron chi connectivity index (χ0n) is 11.7. The van der Waals surface area contributed by atoms with Crippen LogP contribution in [0.1, 0.15) is 42.7 Å². The second kappa shape index (κ2) is 8.12. The summed E-state index contributed by atoms with van der Waals surface area (Å²) in [5.74, 6) is -0.120. The number of hydrogen-bond donors (Lipinski definition) is 1. The number of hydrogen-bond acceptors (Lipinski definition) is 3. The number of nitrogens with zero attached hydrogens (tertiary/aromatic N) is 1. The van der Waals surface area contributed by atoms with E-state index in [-0.39, 0.29) is 11.9 Å². The SMILES string of the molecule is CCCc1cc(C(=O)NC(C)CCOC)cc(Cl)n1. The van der Waals surface area contributed by atoms with Crippen LogP contribution in [-0.4, -0.2) is 30.6 Å². The van der Waals surface area contributed by atoms with Crippen molar-refractivity contribution in [1.82, 2.24) is 10.3 Å². The van der Waals surface area contributed by atoms with Crippen LogP contribution in [0.4, 0.5) is 0 Å². The molecule has 106 valence electrons. The largest absolute Gasteiger partial charge is 0.385 e. The fourth-order valence-electron chi connectivity index (χ4n) is 1.74. The molecule has 19 heavy (non-hydrogen) atoms. The van der Waals surface area contributed by atoms with Crippen LogP contribution in [0.25, 0.3) is 0 Å². The summed E-state index contributed by atoms with van der Waals surface area (Å²) in [5, 5.41) is 3.28. The van der Waals surface area contributed by atoms with Crippen LogP contribution in [0.2, 0.25) is 5.15 Å². The van der Waals surface area contributed by atoms with Crippen molar-refractivity contribution in [2.45, 2.75) is 39.2 Å². The molecule has 1 rings (SSSR count). The van der Waals surface area contributed by atoms with Gasteiger partial charge >= 0.3 is 0 Å². The van der Waals surface area contributed by atoms with Gasteiger partial charge in [-0.3, -0.25) is 4.79 Å². The third kappa shape index (κ3) is 5.57. The van der Waals surface area contributed by atoms with E-state index in [2.05, 4.69) is 17.2 Å². The Bertz CT molecular complexity index is 424. The minimum atomic E-state index is -0.120. The van der Waals surface area contributed by atoms with Gasteiger partial charge in [0.1, 0.15) is 5.15 Å². The molecule has 0 fully saturated rings. The zero-order valence-corrected chi connectivity index (χ0v) is 12.5. The van der Waals surface area contributed by atoms with Gasteiger partial charge in [-0.15, -0.1) is 0 Å². The monoisotopic (exact) mass is 284 g/mol. The summed E-state index contributed by atoms with van der Waals surface area (Å²) in [5.41, 5.74) is 1.41. The summed E-state index contributed by atoms with van der Waals surface area (Å²) in [7, 11) is 1.65. The highest BCUT2D eigenvalue weighted by Crippen LogP contribution is 2.12. The average Bonchev–Trinajstić information content (AvgIpc) is 2.36. The van der Waals surface area contributed by atoms with Crippen molar-refractivity contribution in [1.29, 1.82) is 0 Å². The lowest BCUT2D eigenvalue weighted by molar-refractivity contribution is 0.0929. The molecule has 0 spiro atoms. The molecular formula is C14H21ClN2O2. The van der Waals surface area contributed by atoms with E-state index in [9.17, 15) is 4.79 Å². The van der Waals surface area contributed by atoms with E-state index >= 15 is 0 Å². The van der Waals surface area contributed by atoms with Gasteiger partial charge in [-0.05, 0) is 31.9 Å². The molecule has 5 heteroatoms. The summed E-state index contributed by atoms with van der Waals surface area (Å²) in [4.78, 5) is 16.3. The van der Waals surface area contributed by atoms with Crippen LogP contribution in [0.5, 0.6) is 0 Å². The molecule has 1 heterocycles. The number of aromatic nitrogens is 1. The Labute approximate surface area is 119 Å². The number of amides is 1. The Morgan fingerprint density at radius 1 is 1.53 bits per heavy atom. The van der Waals surface area contributed by atoms with Gasteiger partial charge < -0.3 is 10.1 Å². The van der Waals surface area contributed by atoms with Crippen molar-refractivity contribution in [2.24, 2.45) is 0 Å². The maximum atomic E-state index is 12.1. The molecule has 1 atom stereocenters. The van der Waals surface area contributed by atoms with E-state index in [4.69, 9.17) is 16.3 Å². The predicted molar refractivity (Wildman–Crippen MR) is 76.7 cm³/mol. The van der Waals surface area contributed by atoms with Gasteiger partial charge in [0.2, 0.25) is 0 Å². The standard InChI is InChI=1S/C14H21ClN2O2/c1-4-5-12-8-11(9-13(15)17-12)14(18)16-10(2)6-7-19-3/h8-10H,4-7H2,1-3H3,(H,16,18). The molecule has 4 nitrogen and oxygen atoms in total. The summed E-state index contributed by atoms with van der Waals surface area (Å²) >= 11 is 5.94. The average molecular weight is 285 g/mol. The summed E-state index contributed by atoms with van der Waals surface area (Å²) in [6, 6.07) is 3.46. The number of nitrogens with one attached hydrogen (secondary N) is 1. The number of carbonyl (C=O) groups is 1. The minimum absolute atomic E-state index is 0.0639. The first-order valence-corrected chi connectivity index (χ1v) is 6.90. The minimum Gasteiger partial charge on any atom is -0.385 e. The van der Waals surface area contributed by atoms with Gasteiger partial charge in [-0.1, -0.05) is 24.9 Å². The number of aryl methyl sites for hydroxylation is 1. The first-order valence-electron chi connectivity index (χ1n) is 6.53. The first kappa shape index (κ1) is 15.9. The van der Waals surface area contributed by atoms with Crippen LogP contribution < -0.4 is 5.32 Å². The molecular weight excluding hydrogens is 264 g/mol. The molecule has 0 saturated heterocycles. The Balaban J connectivity index is 2.70. The Hall–Kier alpha value is -1.13. The van der Waals surface area contributed by atoms with E-state index in [0.717, 1.165) is 25.0 Å². The summed E-state index contributed by atoms with van der Waals surface area (Å²) in [6.07, 6.45) is 2.57. The van der Waals surface area contributed by atoms with Gasteiger partial charge in [0.25, 0.3) is 5.91 Å². The molecule has 0 saturated carbocycles. The van der Waals surface area contributed by atoms with Gasteiger partial charge in [-0.25, -0.2) is 4.98 Å². The number of carbonyl (C=O) groups excluding carboxylic acids is 1. The highest BCUT2D eigenvalue weighted by Gasteiger charge is 2.12. The lowest BCUT2D eigenvalue weighted by atomic mass is 10.1. The normalized spacial score (nSPS) is 12.2. The zero-order chi connectivity index (χ0) is 14.3. The number of rotatable bonds is 7. The number of methoxy groups -OCH3 is 1. The van der Waals surface area contributed by atoms with Crippen LogP contribution in [0.15, 0.2) is 12.1 Å². The van der Waals surface area contributed by atoms with Gasteiger partial charge in [0, 0.05) is 31.0 Å². The first-order chi connectivity index (χ1) is 9.06. The lowest BCUT2D eigenvalue weighted by Gasteiger charge is -2.13. The quantitative estimate of drug-likeness (QED) is 0.783. The molecule has 0 aromatic carbocycles. The van der Waals surface area contributed by atoms with Crippen LogP contribution >= 0.6 is 11.6 Å². The van der Waals surface area contributed by atoms with E-state index in [1.54, 1.807) is 19.2 Å². The second-order valence-electron chi connectivity index (χ2n) is 4.58. The molecule has 0 bridgehead atoms. The number of ether oxygens (including phenoxy) is 1. The van der Waals surface area contributed by atoms with E-state index < -0.39 is 0 Å². The molecule has 0 aliphatic rings. The van der Waals surface area contributed by atoms with Crippen molar-refractivity contribution < 1.29 is 9.53 Å². The van der Waals surface area contributed by atoms with Crippen molar-refractivity contribution in [2.75, 3.05) is 13.7 Å². The third-order valence-electron chi connectivity index (χ3n) is 2.75. The van der Waals surface area contributed by atoms with E-state index in [1.807, 2.05) is 6.92 Å². The van der Waals surface area contributed by atoms with E-state index in [1.165, 1.54) is 0 Å². The molecule has 1 unspecified atom stereocenters. The van der Waals surface area contributed by atoms with Crippen molar-refractivity contribution >= 4 is 17.5 Å². The van der Waals surface area contributed by atoms with Crippen LogP contribution in [0.3, 0.4) is 0 Å². The maximum Gasteiger partial charge on any atom is 0.251 e. The molecule has 1 aromatic rings. The second-order valence-corrected chi connectivity index (χ2v) is 4.96. The topological polar surface area (TPSA) is 51.2 Å². The lowest BCUT2D eigenvalue weighted by Crippen LogP contribution is -2.33. The highest BCUT2D eigenvalue weighted by atomic mass is 35.5. The van der Waals surface area contributed by atoms with Gasteiger partial charge in [-0.2, -0.15) is 0 Å². The molecule has 0 aliphatic heterocycles. The maximum absolute atomic E-state index is 12.1. The number of halogens is 1. The fourth-order valence-corrected chi connectivity index (χ4v) is 1.97. The third-order valence-corrected chi connectivity index (χ3v) is 2.94. The summed E-state index contributed by atoms with van der Waals surface area (Å²) < 4.78 is 4.99. The van der Waals surface area contributed by atoms with Crippen molar-refractivity contribution in [3.63, 3.8) is 0 Å². The molecule has 1 aromatic heterocycles. The number of pyridine rings is 1. The fraction of sp³-hybridized carbons (Fsp3) is 0.571. The molecule has 0 radical (unpaired) electrons. The Morgan fingerprint density at radius 3 is 2.89 bits per heavy atom. The molecule has 1 N–H and O–H groups in total. The van der Waals surface area contributed by atoms with Crippen molar-refractivity contribution in [3.8, 4) is 0 Å². The summed E-state index contributed by atoms with van der Waals surface area (Å²) in [6.45, 7) is 4.64. The van der Waals surface area contributed by atoms with Gasteiger partial charge in [0.15, 0.2) is 0 Å². The highest BCUT2D eigenvalue weighted by molar-refractivity contribution is 6.29. The predicted octanol–water partition coefficient (Wildman–Crippen LogP) is 2.84. The molecule has 0 aliphatic carbocycles. The molecule has 1 amide bonds. The van der Waals surface area contributed by atoms with E-state index in [0.29, 0.717) is 17.3 Å². The Morgan fingerprint density at radius 2 is 2.26 bits per heavy atom. The van der Waals surface area contributed by atoms with Gasteiger partial charge in [0.05, 0.1) is 0 Å². The van der Waals surface area contributed by atoms with Crippen molar-refractivity contribution in [3.05, 3.63) is 28.5 Å².